The maximum atomic E-state index is 4.04. The van der Waals surface area contributed by atoms with Crippen molar-refractivity contribution in [1.82, 2.24) is 5.32 Å². The highest BCUT2D eigenvalue weighted by Gasteiger charge is 2.19. The maximum Gasteiger partial charge on any atom is 0.0707 e. The molecule has 5 aromatic rings. The Balaban J connectivity index is 0.000000234. The lowest BCUT2D eigenvalue weighted by Crippen LogP contribution is -2.23. The number of hydrogen-bond donors (Lipinski definition) is 1. The molecule has 0 aromatic heterocycles. The number of aryl methyl sites for hydroxylation is 4. The highest BCUT2D eigenvalue weighted by atomic mass is 14.9. The van der Waals surface area contributed by atoms with Crippen LogP contribution in [0, 0.1) is 27.7 Å². The van der Waals surface area contributed by atoms with Crippen LogP contribution in [-0.4, -0.2) is 0 Å². The minimum absolute atomic E-state index is 0.118. The fraction of sp³-hybridized carbons (Fsp3) is 0.219. The van der Waals surface area contributed by atoms with Gasteiger partial charge in [-0.1, -0.05) is 227 Å². The molecule has 5 aromatic carbocycles. The zero-order valence-corrected chi connectivity index (χ0v) is 40.8. The van der Waals surface area contributed by atoms with E-state index in [1.807, 2.05) is 37.3 Å². The molecule has 7 rings (SSSR count). The van der Waals surface area contributed by atoms with E-state index in [4.69, 9.17) is 0 Å². The van der Waals surface area contributed by atoms with Crippen molar-refractivity contribution in [2.45, 2.75) is 94.0 Å². The lowest BCUT2D eigenvalue weighted by Gasteiger charge is -2.27. The molecule has 1 aliphatic heterocycles. The largest absolute Gasteiger partial charge is 0.374 e. The number of allylic oxidation sites excluding steroid dienone is 15. The van der Waals surface area contributed by atoms with Crippen LogP contribution in [0.1, 0.15) is 99.7 Å². The Hall–Kier alpha value is -6.70. The summed E-state index contributed by atoms with van der Waals surface area (Å²) in [6.07, 6.45) is 30.2. The van der Waals surface area contributed by atoms with Crippen LogP contribution in [0.4, 0.5) is 0 Å². The third kappa shape index (κ3) is 16.1. The SMILES string of the molecule is C=C/C(C(=C)/C=C\C=C/CC)=C(C)\C=C/C.CCC.Cc1cc(C)cc(-c2cccc(C3C=C(c4ccccc4)C=C(C4=CCCC=C4)N3)c2)c1.Cc1ccccc1-c1ccccc1C. The molecular formula is C64H73N. The standard InChI is InChI=1S/C31H29N.C16H22.C14H14.C3H8/c1-22-16-23(2)18-28(17-22)26-14-9-15-27(19-26)31-21-29(24-10-5-3-6-11-24)20-30(32-31)25-12-7-4-8-13-25;1-6-9-10-11-13-15(5)16(8-3)14(4)12-7-2;1-11-7-3-5-9-13(11)14-10-6-4-8-12(14)2;1-3-2/h3,5-7,9-21,31-32H,4,8H2,1-2H3;7-13H,3,5-6H2,1-2,4H3;3-10H,1-2H3;3H2,1-2H3/b;10-9-,12-7-,13-11-,16-14+;;. The summed E-state index contributed by atoms with van der Waals surface area (Å²) in [5, 5.41) is 3.81. The first-order chi connectivity index (χ1) is 31.5. The van der Waals surface area contributed by atoms with Crippen LogP contribution in [0.15, 0.2) is 235 Å². The van der Waals surface area contributed by atoms with Gasteiger partial charge in [0.05, 0.1) is 6.04 Å². The Bertz CT molecular complexity index is 2510. The van der Waals surface area contributed by atoms with Crippen LogP contribution in [0.25, 0.3) is 27.8 Å². The van der Waals surface area contributed by atoms with Gasteiger partial charge in [-0.25, -0.2) is 0 Å². The molecule has 1 unspecified atom stereocenters. The zero-order valence-electron chi connectivity index (χ0n) is 40.8. The van der Waals surface area contributed by atoms with Gasteiger partial charge in [0, 0.05) is 5.70 Å². The van der Waals surface area contributed by atoms with Crippen molar-refractivity contribution in [2.75, 3.05) is 0 Å². The van der Waals surface area contributed by atoms with Crippen molar-refractivity contribution in [3.8, 4) is 22.3 Å². The molecule has 0 spiro atoms. The van der Waals surface area contributed by atoms with Gasteiger partial charge >= 0.3 is 0 Å². The van der Waals surface area contributed by atoms with Gasteiger partial charge in [0.15, 0.2) is 0 Å². The Morgan fingerprint density at radius 3 is 1.86 bits per heavy atom. The summed E-state index contributed by atoms with van der Waals surface area (Å²) in [7, 11) is 0. The van der Waals surface area contributed by atoms with Crippen molar-refractivity contribution in [1.29, 1.82) is 0 Å². The summed E-state index contributed by atoms with van der Waals surface area (Å²) in [4.78, 5) is 0. The topological polar surface area (TPSA) is 12.0 Å². The van der Waals surface area contributed by atoms with Crippen molar-refractivity contribution in [3.63, 3.8) is 0 Å². The lowest BCUT2D eigenvalue weighted by atomic mass is 9.91. The average molecular weight is 856 g/mol. The van der Waals surface area contributed by atoms with E-state index >= 15 is 0 Å². The first-order valence-electron chi connectivity index (χ1n) is 23.4. The molecule has 1 heteroatoms. The number of nitrogens with one attached hydrogen (secondary N) is 1. The van der Waals surface area contributed by atoms with E-state index in [1.165, 1.54) is 84.5 Å². The summed E-state index contributed by atoms with van der Waals surface area (Å²) in [5.41, 5.74) is 20.0. The van der Waals surface area contributed by atoms with Crippen molar-refractivity contribution in [2.24, 2.45) is 0 Å². The molecule has 0 bridgehead atoms. The quantitative estimate of drug-likeness (QED) is 0.131. The predicted octanol–water partition coefficient (Wildman–Crippen LogP) is 18.4. The molecule has 0 fully saturated rings. The lowest BCUT2D eigenvalue weighted by molar-refractivity contribution is 0.715. The summed E-state index contributed by atoms with van der Waals surface area (Å²) in [6, 6.07) is 43.5. The van der Waals surface area contributed by atoms with Gasteiger partial charge in [-0.3, -0.25) is 0 Å². The summed E-state index contributed by atoms with van der Waals surface area (Å²) in [6.45, 7) is 27.0. The third-order valence-corrected chi connectivity index (χ3v) is 10.9. The highest BCUT2D eigenvalue weighted by Crippen LogP contribution is 2.34. The van der Waals surface area contributed by atoms with Crippen LogP contribution in [-0.2, 0) is 0 Å². The van der Waals surface area contributed by atoms with E-state index in [0.29, 0.717) is 0 Å². The number of hydrogen-bond acceptors (Lipinski definition) is 1. The third-order valence-electron chi connectivity index (χ3n) is 10.9. The fourth-order valence-electron chi connectivity index (χ4n) is 7.77. The second-order valence-corrected chi connectivity index (χ2v) is 16.7. The second-order valence-electron chi connectivity index (χ2n) is 16.7. The van der Waals surface area contributed by atoms with Crippen molar-refractivity contribution in [3.05, 3.63) is 269 Å². The minimum atomic E-state index is 0.118. The van der Waals surface area contributed by atoms with Gasteiger partial charge in [0.2, 0.25) is 0 Å². The van der Waals surface area contributed by atoms with Gasteiger partial charge in [-0.15, -0.1) is 0 Å². The van der Waals surface area contributed by atoms with E-state index in [-0.39, 0.29) is 6.04 Å². The van der Waals surface area contributed by atoms with Gasteiger partial charge in [-0.2, -0.15) is 0 Å². The number of benzene rings is 5. The smallest absolute Gasteiger partial charge is 0.0707 e. The Morgan fingerprint density at radius 2 is 1.29 bits per heavy atom. The van der Waals surface area contributed by atoms with Crippen LogP contribution >= 0.6 is 0 Å². The molecule has 0 radical (unpaired) electrons. The second kappa shape index (κ2) is 27.5. The molecule has 1 heterocycles. The predicted molar refractivity (Wildman–Crippen MR) is 289 cm³/mol. The average Bonchev–Trinajstić information content (AvgIpc) is 3.32. The molecule has 334 valence electrons. The number of rotatable bonds is 11. The van der Waals surface area contributed by atoms with E-state index in [2.05, 4.69) is 238 Å². The maximum absolute atomic E-state index is 4.04. The molecule has 0 amide bonds. The van der Waals surface area contributed by atoms with Crippen LogP contribution in [0.2, 0.25) is 0 Å². The molecule has 65 heavy (non-hydrogen) atoms. The first-order valence-corrected chi connectivity index (χ1v) is 23.4. The minimum Gasteiger partial charge on any atom is -0.374 e. The normalized spacial score (nSPS) is 14.6. The van der Waals surface area contributed by atoms with Crippen molar-refractivity contribution >= 4 is 5.57 Å². The monoisotopic (exact) mass is 856 g/mol. The molecule has 1 N–H and O–H groups in total. The fourth-order valence-corrected chi connectivity index (χ4v) is 7.77. The van der Waals surface area contributed by atoms with Crippen molar-refractivity contribution < 1.29 is 0 Å². The van der Waals surface area contributed by atoms with Gasteiger partial charge in [0.1, 0.15) is 0 Å². The van der Waals surface area contributed by atoms with Gasteiger partial charge in [-0.05, 0) is 151 Å². The molecule has 1 atom stereocenters. The molecule has 0 saturated carbocycles. The molecule has 0 saturated heterocycles. The Labute approximate surface area is 394 Å². The van der Waals surface area contributed by atoms with E-state index in [1.54, 1.807) is 0 Å². The molecular weight excluding hydrogens is 783 g/mol. The van der Waals surface area contributed by atoms with Crippen LogP contribution in [0.3, 0.4) is 0 Å². The summed E-state index contributed by atoms with van der Waals surface area (Å²) in [5.74, 6) is 0. The zero-order chi connectivity index (χ0) is 47.0. The van der Waals surface area contributed by atoms with Crippen LogP contribution in [0.5, 0.6) is 0 Å². The Morgan fingerprint density at radius 1 is 0.677 bits per heavy atom. The number of dihydropyridines is 1. The van der Waals surface area contributed by atoms with E-state index in [0.717, 1.165) is 30.4 Å². The van der Waals surface area contributed by atoms with Gasteiger partial charge in [0.25, 0.3) is 0 Å². The molecule has 1 nitrogen and oxygen atoms in total. The highest BCUT2D eigenvalue weighted by molar-refractivity contribution is 5.78. The summed E-state index contributed by atoms with van der Waals surface area (Å²) < 4.78 is 0. The molecule has 1 aliphatic carbocycles. The first kappa shape index (κ1) is 50.9. The van der Waals surface area contributed by atoms with Gasteiger partial charge < -0.3 is 5.32 Å². The summed E-state index contributed by atoms with van der Waals surface area (Å²) >= 11 is 0. The van der Waals surface area contributed by atoms with E-state index < -0.39 is 0 Å². The molecule has 2 aliphatic rings. The van der Waals surface area contributed by atoms with Crippen LogP contribution < -0.4 is 5.32 Å². The van der Waals surface area contributed by atoms with E-state index in [9.17, 15) is 0 Å². The Kier molecular flexibility index (Phi) is 21.5.